The molecule has 1 heterocycles. The summed E-state index contributed by atoms with van der Waals surface area (Å²) in [4.78, 5) is 7.76. The predicted molar refractivity (Wildman–Crippen MR) is 181 cm³/mol. The molecule has 2 fully saturated rings. The fraction of sp³-hybridized carbons (Fsp3) is 0.250. The van der Waals surface area contributed by atoms with Crippen molar-refractivity contribution in [2.24, 2.45) is 11.3 Å². The van der Waals surface area contributed by atoms with Crippen LogP contribution in [0, 0.1) is 11.3 Å². The zero-order valence-corrected chi connectivity index (χ0v) is 25.3. The molecule has 0 aromatic heterocycles. The molecule has 3 heteroatoms. The average molecular weight is 564 g/mol. The third kappa shape index (κ3) is 5.52. The Morgan fingerprint density at radius 2 is 1.07 bits per heavy atom. The first kappa shape index (κ1) is 27.3. The molecule has 5 aromatic rings. The van der Waals surface area contributed by atoms with E-state index in [1.165, 1.54) is 36.2 Å². The van der Waals surface area contributed by atoms with E-state index in [1.54, 1.807) is 0 Å². The summed E-state index contributed by atoms with van der Waals surface area (Å²) in [5, 5.41) is 0. The van der Waals surface area contributed by atoms with Gasteiger partial charge in [-0.05, 0) is 96.8 Å². The molecule has 43 heavy (non-hydrogen) atoms. The molecule has 0 N–H and O–H groups in total. The Morgan fingerprint density at radius 1 is 0.581 bits per heavy atom. The Hall–Kier alpha value is -4.50. The summed E-state index contributed by atoms with van der Waals surface area (Å²) in [7, 11) is 0. The molecule has 1 aliphatic heterocycles. The maximum Gasteiger partial charge on any atom is 0.128 e. The molecule has 3 unspecified atom stereocenters. The van der Waals surface area contributed by atoms with Crippen molar-refractivity contribution in [3.63, 3.8) is 0 Å². The first-order valence-corrected chi connectivity index (χ1v) is 15.7. The lowest BCUT2D eigenvalue weighted by Gasteiger charge is -2.57. The maximum absolute atomic E-state index is 2.75. The van der Waals surface area contributed by atoms with Crippen LogP contribution >= 0.6 is 0 Å². The molecule has 5 aromatic carbocycles. The van der Waals surface area contributed by atoms with Gasteiger partial charge in [0.2, 0.25) is 0 Å². The summed E-state index contributed by atoms with van der Waals surface area (Å²) in [6.45, 7) is 5.99. The monoisotopic (exact) mass is 563 g/mol. The lowest BCUT2D eigenvalue weighted by atomic mass is 9.68. The Bertz CT molecular complexity index is 1560. The van der Waals surface area contributed by atoms with Crippen LogP contribution < -0.4 is 14.7 Å². The summed E-state index contributed by atoms with van der Waals surface area (Å²) in [5.41, 5.74) is 7.72. The standard InChI is InChI=1S/C40H41N3/c1-40(2)28-27-32-30-41(33-15-7-3-8-16-33)39(43(38(32)29-40)36-21-13-6-14-22-36)31-23-25-37(26-24-31)42(34-17-9-4-10-18-34)35-19-11-5-12-20-35/h3-26,32,38-39H,27-30H2,1-2H3. The molecular formula is C40H41N3. The predicted octanol–water partition coefficient (Wildman–Crippen LogP) is 10.4. The highest BCUT2D eigenvalue weighted by molar-refractivity contribution is 5.76. The van der Waals surface area contributed by atoms with Crippen molar-refractivity contribution in [1.82, 2.24) is 0 Å². The van der Waals surface area contributed by atoms with E-state index in [-0.39, 0.29) is 6.17 Å². The molecule has 0 bridgehead atoms. The number of fused-ring (bicyclic) bond motifs is 1. The highest BCUT2D eigenvalue weighted by atomic mass is 15.4. The van der Waals surface area contributed by atoms with E-state index >= 15 is 0 Å². The number of benzene rings is 5. The number of hydrogen-bond donors (Lipinski definition) is 0. The number of nitrogens with zero attached hydrogens (tertiary/aromatic N) is 3. The van der Waals surface area contributed by atoms with Crippen molar-refractivity contribution in [2.75, 3.05) is 21.2 Å². The smallest absolute Gasteiger partial charge is 0.128 e. The Balaban J connectivity index is 1.34. The maximum atomic E-state index is 2.75. The van der Waals surface area contributed by atoms with Crippen LogP contribution in [0.25, 0.3) is 0 Å². The van der Waals surface area contributed by atoms with Crippen molar-refractivity contribution in [1.29, 1.82) is 0 Å². The summed E-state index contributed by atoms with van der Waals surface area (Å²) < 4.78 is 0. The lowest BCUT2D eigenvalue weighted by Crippen LogP contribution is -2.60. The summed E-state index contributed by atoms with van der Waals surface area (Å²) >= 11 is 0. The fourth-order valence-electron chi connectivity index (χ4n) is 7.36. The van der Waals surface area contributed by atoms with Crippen LogP contribution in [0.5, 0.6) is 0 Å². The molecule has 7 rings (SSSR count). The van der Waals surface area contributed by atoms with Gasteiger partial charge in [-0.15, -0.1) is 0 Å². The number of anilines is 5. The van der Waals surface area contributed by atoms with Gasteiger partial charge < -0.3 is 14.7 Å². The molecular weight excluding hydrogens is 522 g/mol. The van der Waals surface area contributed by atoms with Crippen LogP contribution in [0.2, 0.25) is 0 Å². The zero-order valence-electron chi connectivity index (χ0n) is 25.3. The van der Waals surface area contributed by atoms with Crippen molar-refractivity contribution < 1.29 is 0 Å². The minimum Gasteiger partial charge on any atom is -0.347 e. The molecule has 1 saturated carbocycles. The molecule has 3 nitrogen and oxygen atoms in total. The van der Waals surface area contributed by atoms with Crippen LogP contribution in [0.4, 0.5) is 28.4 Å². The minimum atomic E-state index is 0.0934. The van der Waals surface area contributed by atoms with E-state index < -0.39 is 0 Å². The van der Waals surface area contributed by atoms with Crippen LogP contribution in [0.3, 0.4) is 0 Å². The highest BCUT2D eigenvalue weighted by Gasteiger charge is 2.47. The van der Waals surface area contributed by atoms with Gasteiger partial charge >= 0.3 is 0 Å². The molecule has 3 atom stereocenters. The van der Waals surface area contributed by atoms with Gasteiger partial charge in [-0.3, -0.25) is 0 Å². The topological polar surface area (TPSA) is 9.72 Å². The van der Waals surface area contributed by atoms with Crippen LogP contribution in [-0.4, -0.2) is 12.6 Å². The Labute approximate surface area is 257 Å². The lowest BCUT2D eigenvalue weighted by molar-refractivity contribution is 0.135. The first-order chi connectivity index (χ1) is 21.1. The van der Waals surface area contributed by atoms with Gasteiger partial charge in [0.1, 0.15) is 6.17 Å². The van der Waals surface area contributed by atoms with Crippen molar-refractivity contribution in [3.05, 3.63) is 151 Å². The average Bonchev–Trinajstić information content (AvgIpc) is 3.06. The number of hydrogen-bond acceptors (Lipinski definition) is 3. The summed E-state index contributed by atoms with van der Waals surface area (Å²) in [6.07, 6.45) is 3.85. The number of para-hydroxylation sites is 4. The zero-order chi connectivity index (χ0) is 29.2. The van der Waals surface area contributed by atoms with Gasteiger partial charge in [-0.25, -0.2) is 0 Å². The second kappa shape index (κ2) is 11.6. The SMILES string of the molecule is CC1(C)CCC2CN(c3ccccc3)C(c3ccc(N(c4ccccc4)c4ccccc4)cc3)N(c3ccccc3)C2C1. The number of rotatable bonds is 6. The highest BCUT2D eigenvalue weighted by Crippen LogP contribution is 2.50. The van der Waals surface area contributed by atoms with E-state index in [1.807, 2.05) is 0 Å². The molecule has 0 radical (unpaired) electrons. The first-order valence-electron chi connectivity index (χ1n) is 15.7. The van der Waals surface area contributed by atoms with Gasteiger partial charge in [0.05, 0.1) is 0 Å². The minimum absolute atomic E-state index is 0.0934. The molecule has 1 aliphatic carbocycles. The molecule has 0 spiro atoms. The van der Waals surface area contributed by atoms with Crippen molar-refractivity contribution in [2.45, 2.75) is 45.3 Å². The fourth-order valence-corrected chi connectivity index (χ4v) is 7.36. The molecule has 2 aliphatic rings. The van der Waals surface area contributed by atoms with Gasteiger partial charge in [-0.1, -0.05) is 98.8 Å². The third-order valence-corrected chi connectivity index (χ3v) is 9.47. The van der Waals surface area contributed by atoms with E-state index in [9.17, 15) is 0 Å². The second-order valence-electron chi connectivity index (χ2n) is 12.9. The van der Waals surface area contributed by atoms with Crippen molar-refractivity contribution >= 4 is 28.4 Å². The van der Waals surface area contributed by atoms with Gasteiger partial charge in [0.15, 0.2) is 0 Å². The van der Waals surface area contributed by atoms with Crippen molar-refractivity contribution in [3.8, 4) is 0 Å². The Kier molecular flexibility index (Phi) is 7.40. The second-order valence-corrected chi connectivity index (χ2v) is 12.9. The van der Waals surface area contributed by atoms with Crippen LogP contribution in [0.15, 0.2) is 146 Å². The Morgan fingerprint density at radius 3 is 1.63 bits per heavy atom. The van der Waals surface area contributed by atoms with Gasteiger partial charge in [-0.2, -0.15) is 0 Å². The van der Waals surface area contributed by atoms with E-state index in [0.29, 0.717) is 17.4 Å². The van der Waals surface area contributed by atoms with E-state index in [0.717, 1.165) is 23.6 Å². The van der Waals surface area contributed by atoms with Gasteiger partial charge in [0, 0.05) is 41.0 Å². The quantitative estimate of drug-likeness (QED) is 0.203. The largest absolute Gasteiger partial charge is 0.347 e. The molecule has 216 valence electrons. The molecule has 0 amide bonds. The normalized spacial score (nSPS) is 21.2. The third-order valence-electron chi connectivity index (χ3n) is 9.47. The van der Waals surface area contributed by atoms with E-state index in [2.05, 4.69) is 174 Å². The van der Waals surface area contributed by atoms with Crippen LogP contribution in [-0.2, 0) is 0 Å². The van der Waals surface area contributed by atoms with Gasteiger partial charge in [0.25, 0.3) is 0 Å². The molecule has 1 saturated heterocycles. The van der Waals surface area contributed by atoms with Crippen LogP contribution in [0.1, 0.15) is 44.8 Å². The summed E-state index contributed by atoms with van der Waals surface area (Å²) in [6, 6.07) is 53.3. The van der Waals surface area contributed by atoms with E-state index in [4.69, 9.17) is 0 Å². The summed E-state index contributed by atoms with van der Waals surface area (Å²) in [5.74, 6) is 0.621.